The molecule has 20 heavy (non-hydrogen) atoms. The first-order valence-corrected chi connectivity index (χ1v) is 7.13. The van der Waals surface area contributed by atoms with Crippen molar-refractivity contribution in [3.05, 3.63) is 35.7 Å². The van der Waals surface area contributed by atoms with Crippen LogP contribution >= 0.6 is 11.8 Å². The number of nitrogens with zero attached hydrogens (tertiary/aromatic N) is 3. The molecule has 0 unspecified atom stereocenters. The third-order valence-electron chi connectivity index (χ3n) is 3.17. The van der Waals surface area contributed by atoms with E-state index in [1.54, 1.807) is 25.1 Å². The summed E-state index contributed by atoms with van der Waals surface area (Å²) >= 11 is 1.61. The van der Waals surface area contributed by atoms with Crippen molar-refractivity contribution < 1.29 is 0 Å². The van der Waals surface area contributed by atoms with Crippen LogP contribution in [0.2, 0.25) is 0 Å². The number of aromatic amines is 1. The van der Waals surface area contributed by atoms with Crippen molar-refractivity contribution >= 4 is 28.9 Å². The summed E-state index contributed by atoms with van der Waals surface area (Å²) in [4.78, 5) is 17.3. The van der Waals surface area contributed by atoms with E-state index in [0.29, 0.717) is 11.6 Å². The predicted molar refractivity (Wildman–Crippen MR) is 81.3 cm³/mol. The average Bonchev–Trinajstić information content (AvgIpc) is 2.91. The number of hydrogen-bond donors (Lipinski definition) is 2. The summed E-state index contributed by atoms with van der Waals surface area (Å²) in [6.07, 6.45) is 1.64. The van der Waals surface area contributed by atoms with Gasteiger partial charge in [0, 0.05) is 11.9 Å². The van der Waals surface area contributed by atoms with Crippen LogP contribution in [-0.2, 0) is 0 Å². The number of nitrogens with one attached hydrogen (secondary N) is 2. The summed E-state index contributed by atoms with van der Waals surface area (Å²) in [5.74, 6) is 0.580. The molecule has 5 nitrogen and oxygen atoms in total. The zero-order valence-corrected chi connectivity index (χ0v) is 12.4. The van der Waals surface area contributed by atoms with Gasteiger partial charge in [-0.25, -0.2) is 9.97 Å². The van der Waals surface area contributed by atoms with Crippen LogP contribution in [0.3, 0.4) is 0 Å². The van der Waals surface area contributed by atoms with Crippen molar-refractivity contribution in [3.63, 3.8) is 0 Å². The summed E-state index contributed by atoms with van der Waals surface area (Å²) in [5.41, 5.74) is 4.11. The number of aryl methyl sites for hydroxylation is 2. The molecule has 0 saturated carbocycles. The number of anilines is 1. The van der Waals surface area contributed by atoms with Gasteiger partial charge < -0.3 is 10.3 Å². The highest BCUT2D eigenvalue weighted by molar-refractivity contribution is 7.99. The highest BCUT2D eigenvalue weighted by Gasteiger charge is 2.11. The molecule has 0 aliphatic rings. The van der Waals surface area contributed by atoms with Crippen molar-refractivity contribution in [1.82, 2.24) is 19.9 Å². The number of imidazole rings is 1. The van der Waals surface area contributed by atoms with E-state index in [0.717, 1.165) is 15.4 Å². The van der Waals surface area contributed by atoms with Gasteiger partial charge in [0.05, 0.1) is 6.33 Å². The Morgan fingerprint density at radius 3 is 2.75 bits per heavy atom. The fraction of sp³-hybridized carbons (Fsp3) is 0.214. The van der Waals surface area contributed by atoms with Crippen molar-refractivity contribution in [2.45, 2.75) is 23.8 Å². The lowest BCUT2D eigenvalue weighted by Crippen LogP contribution is -1.98. The van der Waals surface area contributed by atoms with Crippen molar-refractivity contribution in [3.8, 4) is 0 Å². The Morgan fingerprint density at radius 2 is 2.00 bits per heavy atom. The zero-order chi connectivity index (χ0) is 14.1. The van der Waals surface area contributed by atoms with Crippen LogP contribution in [0.4, 0.5) is 5.95 Å². The summed E-state index contributed by atoms with van der Waals surface area (Å²) in [6, 6.07) is 6.40. The summed E-state index contributed by atoms with van der Waals surface area (Å²) < 4.78 is 0. The van der Waals surface area contributed by atoms with Crippen LogP contribution in [0.25, 0.3) is 11.2 Å². The molecule has 2 heterocycles. The number of rotatable bonds is 3. The van der Waals surface area contributed by atoms with Gasteiger partial charge in [-0.1, -0.05) is 17.8 Å². The molecule has 0 radical (unpaired) electrons. The molecular weight excluding hydrogens is 270 g/mol. The van der Waals surface area contributed by atoms with Crippen LogP contribution in [0, 0.1) is 13.8 Å². The van der Waals surface area contributed by atoms with Gasteiger partial charge in [-0.15, -0.1) is 0 Å². The summed E-state index contributed by atoms with van der Waals surface area (Å²) in [7, 11) is 1.80. The second-order valence-electron chi connectivity index (χ2n) is 4.55. The van der Waals surface area contributed by atoms with Crippen molar-refractivity contribution in [1.29, 1.82) is 0 Å². The van der Waals surface area contributed by atoms with Gasteiger partial charge in [-0.05, 0) is 37.1 Å². The van der Waals surface area contributed by atoms with Gasteiger partial charge in [-0.2, -0.15) is 4.98 Å². The number of H-pyrrole nitrogens is 1. The SMILES string of the molecule is CNc1nc(Sc2ccc(C)c(C)c2)c2[nH]cnc2n1. The van der Waals surface area contributed by atoms with E-state index >= 15 is 0 Å². The number of fused-ring (bicyclic) bond motifs is 1. The van der Waals surface area contributed by atoms with E-state index in [1.807, 2.05) is 0 Å². The lowest BCUT2D eigenvalue weighted by molar-refractivity contribution is 1.08. The number of benzene rings is 1. The average molecular weight is 285 g/mol. The second-order valence-corrected chi connectivity index (χ2v) is 5.61. The topological polar surface area (TPSA) is 66.5 Å². The van der Waals surface area contributed by atoms with Gasteiger partial charge in [0.1, 0.15) is 10.5 Å². The lowest BCUT2D eigenvalue weighted by atomic mass is 10.1. The van der Waals surface area contributed by atoms with Crippen LogP contribution < -0.4 is 5.32 Å². The van der Waals surface area contributed by atoms with Crippen molar-refractivity contribution in [2.24, 2.45) is 0 Å². The Kier molecular flexibility index (Phi) is 3.31. The number of aromatic nitrogens is 4. The van der Waals surface area contributed by atoms with Crippen LogP contribution in [0.5, 0.6) is 0 Å². The highest BCUT2D eigenvalue weighted by Crippen LogP contribution is 2.31. The molecule has 0 saturated heterocycles. The quantitative estimate of drug-likeness (QED) is 0.724. The first-order valence-electron chi connectivity index (χ1n) is 6.31. The Balaban J connectivity index is 2.04. The van der Waals surface area contributed by atoms with E-state index < -0.39 is 0 Å². The molecule has 0 bridgehead atoms. The molecule has 0 aliphatic heterocycles. The number of hydrogen-bond acceptors (Lipinski definition) is 5. The van der Waals surface area contributed by atoms with Crippen LogP contribution in [-0.4, -0.2) is 27.0 Å². The van der Waals surface area contributed by atoms with E-state index in [4.69, 9.17) is 0 Å². The molecule has 2 aromatic heterocycles. The molecule has 6 heteroatoms. The minimum atomic E-state index is 0.580. The van der Waals surface area contributed by atoms with Crippen LogP contribution in [0.15, 0.2) is 34.4 Å². The first kappa shape index (κ1) is 12.9. The Morgan fingerprint density at radius 1 is 1.15 bits per heavy atom. The lowest BCUT2D eigenvalue weighted by Gasteiger charge is -2.06. The molecule has 3 rings (SSSR count). The van der Waals surface area contributed by atoms with Gasteiger partial charge in [0.15, 0.2) is 5.65 Å². The fourth-order valence-electron chi connectivity index (χ4n) is 1.88. The first-order chi connectivity index (χ1) is 9.67. The Hall–Kier alpha value is -2.08. The summed E-state index contributed by atoms with van der Waals surface area (Å²) in [6.45, 7) is 4.23. The van der Waals surface area contributed by atoms with Gasteiger partial charge in [0.25, 0.3) is 0 Å². The normalized spacial score (nSPS) is 10.9. The summed E-state index contributed by atoms with van der Waals surface area (Å²) in [5, 5.41) is 3.84. The maximum atomic E-state index is 4.51. The molecule has 102 valence electrons. The minimum Gasteiger partial charge on any atom is -0.357 e. The molecule has 3 aromatic rings. The molecule has 0 atom stereocenters. The van der Waals surface area contributed by atoms with E-state index in [-0.39, 0.29) is 0 Å². The fourth-order valence-corrected chi connectivity index (χ4v) is 2.86. The molecule has 0 fully saturated rings. The standard InChI is InChI=1S/C14H15N5S/c1-8-4-5-10(6-9(8)2)20-13-11-12(17-7-16-11)18-14(15-3)19-13/h4-7H,1-3H3,(H2,15,16,17,18,19). The molecule has 1 aromatic carbocycles. The molecule has 0 amide bonds. The molecular formula is C14H15N5S. The third-order valence-corrected chi connectivity index (χ3v) is 4.15. The molecule has 0 spiro atoms. The smallest absolute Gasteiger partial charge is 0.225 e. The van der Waals surface area contributed by atoms with Crippen molar-refractivity contribution in [2.75, 3.05) is 12.4 Å². The van der Waals surface area contributed by atoms with E-state index in [1.165, 1.54) is 11.1 Å². The van der Waals surface area contributed by atoms with Crippen LogP contribution in [0.1, 0.15) is 11.1 Å². The molecule has 0 aliphatic carbocycles. The monoisotopic (exact) mass is 285 g/mol. The van der Waals surface area contributed by atoms with E-state index in [9.17, 15) is 0 Å². The minimum absolute atomic E-state index is 0.580. The zero-order valence-electron chi connectivity index (χ0n) is 11.6. The second kappa shape index (κ2) is 5.13. The predicted octanol–water partition coefficient (Wildman–Crippen LogP) is 3.16. The Bertz CT molecular complexity index is 765. The Labute approximate surface area is 121 Å². The van der Waals surface area contributed by atoms with E-state index in [2.05, 4.69) is 57.3 Å². The maximum Gasteiger partial charge on any atom is 0.225 e. The molecule has 2 N–H and O–H groups in total. The van der Waals surface area contributed by atoms with Gasteiger partial charge in [0.2, 0.25) is 5.95 Å². The van der Waals surface area contributed by atoms with Gasteiger partial charge >= 0.3 is 0 Å². The third kappa shape index (κ3) is 2.34. The van der Waals surface area contributed by atoms with Gasteiger partial charge in [-0.3, -0.25) is 0 Å². The maximum absolute atomic E-state index is 4.51. The highest BCUT2D eigenvalue weighted by atomic mass is 32.2. The largest absolute Gasteiger partial charge is 0.357 e.